The van der Waals surface area contributed by atoms with E-state index in [2.05, 4.69) is 0 Å². The monoisotopic (exact) mass is 569 g/mol. The number of carbonyl (C=O) groups is 3. The third-order valence-corrected chi connectivity index (χ3v) is 10.4. The topological polar surface area (TPSA) is 118 Å². The standard InChI is InChI=1S/C29H32ClN3O5S/c30-22-3-5-23(6-4-22)33-26(34)14-25(27(33)35)32(10-9-18-1-7-24(8-2-18)39(31,37)38)28(36)29-15-19-11-20(16-29)13-21(12-19)17-29/h1-8,19-21,25H,9-17H2,(H2,31,37,38). The number of carbonyl (C=O) groups excluding carboxylic acids is 3. The van der Waals surface area contributed by atoms with Crippen LogP contribution < -0.4 is 10.0 Å². The van der Waals surface area contributed by atoms with Gasteiger partial charge >= 0.3 is 0 Å². The number of primary sulfonamides is 1. The van der Waals surface area contributed by atoms with Gasteiger partial charge in [0.2, 0.25) is 21.8 Å². The van der Waals surface area contributed by atoms with Gasteiger partial charge in [-0.05, 0) is 105 Å². The number of imide groups is 1. The van der Waals surface area contributed by atoms with Crippen LogP contribution in [-0.4, -0.2) is 43.6 Å². The lowest BCUT2D eigenvalue weighted by molar-refractivity contribution is -0.161. The molecule has 4 saturated carbocycles. The Morgan fingerprint density at radius 2 is 1.51 bits per heavy atom. The number of nitrogens with two attached hydrogens (primary N) is 1. The van der Waals surface area contributed by atoms with Crippen LogP contribution in [0.2, 0.25) is 5.02 Å². The fourth-order valence-corrected chi connectivity index (χ4v) is 8.53. The molecule has 3 amide bonds. The Labute approximate surface area is 233 Å². The fraction of sp³-hybridized carbons (Fsp3) is 0.483. The van der Waals surface area contributed by atoms with Gasteiger partial charge in [-0.25, -0.2) is 18.5 Å². The number of halogens is 1. The van der Waals surface area contributed by atoms with Crippen LogP contribution in [0.3, 0.4) is 0 Å². The van der Waals surface area contributed by atoms with Crippen molar-refractivity contribution < 1.29 is 22.8 Å². The van der Waals surface area contributed by atoms with Gasteiger partial charge in [0.25, 0.3) is 5.91 Å². The average molecular weight is 570 g/mol. The van der Waals surface area contributed by atoms with Crippen molar-refractivity contribution in [1.29, 1.82) is 0 Å². The van der Waals surface area contributed by atoms with E-state index in [9.17, 15) is 22.8 Å². The van der Waals surface area contributed by atoms with Crippen LogP contribution in [0.15, 0.2) is 53.4 Å². The van der Waals surface area contributed by atoms with Gasteiger partial charge in [0, 0.05) is 11.6 Å². The number of hydrogen-bond donors (Lipinski definition) is 1. The first-order chi connectivity index (χ1) is 18.5. The number of hydrogen-bond acceptors (Lipinski definition) is 5. The zero-order valence-corrected chi connectivity index (χ0v) is 23.2. The Kier molecular flexibility index (Phi) is 6.59. The van der Waals surface area contributed by atoms with E-state index in [1.807, 2.05) is 0 Å². The van der Waals surface area contributed by atoms with E-state index in [0.29, 0.717) is 34.9 Å². The molecule has 8 nitrogen and oxygen atoms in total. The quantitative estimate of drug-likeness (QED) is 0.507. The summed E-state index contributed by atoms with van der Waals surface area (Å²) in [4.78, 5) is 44.2. The van der Waals surface area contributed by atoms with Crippen LogP contribution in [-0.2, 0) is 30.8 Å². The van der Waals surface area contributed by atoms with E-state index < -0.39 is 27.4 Å². The number of anilines is 1. The summed E-state index contributed by atoms with van der Waals surface area (Å²) in [6.45, 7) is 0.257. The molecule has 1 atom stereocenters. The second-order valence-electron chi connectivity index (χ2n) is 11.9. The molecule has 1 unspecified atom stereocenters. The Bertz CT molecular complexity index is 1390. The van der Waals surface area contributed by atoms with E-state index in [0.717, 1.165) is 24.8 Å². The molecule has 0 radical (unpaired) electrons. The van der Waals surface area contributed by atoms with Crippen molar-refractivity contribution in [2.75, 3.05) is 11.4 Å². The molecule has 1 aliphatic heterocycles. The molecule has 5 aliphatic rings. The predicted octanol–water partition coefficient (Wildman–Crippen LogP) is 3.91. The lowest BCUT2D eigenvalue weighted by Crippen LogP contribution is -2.58. The zero-order valence-electron chi connectivity index (χ0n) is 21.6. The molecule has 4 aliphatic carbocycles. The lowest BCUT2D eigenvalue weighted by atomic mass is 9.49. The van der Waals surface area contributed by atoms with Crippen LogP contribution in [0.25, 0.3) is 0 Å². The fourth-order valence-electron chi connectivity index (χ4n) is 7.89. The normalized spacial score (nSPS) is 29.7. The van der Waals surface area contributed by atoms with Crippen LogP contribution in [0.4, 0.5) is 5.69 Å². The minimum Gasteiger partial charge on any atom is -0.329 e. The van der Waals surface area contributed by atoms with E-state index in [1.54, 1.807) is 41.3 Å². The number of benzene rings is 2. The molecular weight excluding hydrogens is 538 g/mol. The second kappa shape index (κ2) is 9.71. The van der Waals surface area contributed by atoms with Crippen molar-refractivity contribution in [1.82, 2.24) is 4.90 Å². The predicted molar refractivity (Wildman–Crippen MR) is 146 cm³/mol. The highest BCUT2D eigenvalue weighted by atomic mass is 35.5. The maximum Gasteiger partial charge on any atom is 0.257 e. The maximum absolute atomic E-state index is 14.5. The molecular formula is C29H32ClN3O5S. The van der Waals surface area contributed by atoms with Gasteiger partial charge in [-0.3, -0.25) is 14.4 Å². The maximum atomic E-state index is 14.5. The molecule has 5 fully saturated rings. The van der Waals surface area contributed by atoms with E-state index >= 15 is 0 Å². The second-order valence-corrected chi connectivity index (χ2v) is 13.9. The van der Waals surface area contributed by atoms with E-state index in [-0.39, 0.29) is 29.7 Å². The first-order valence-corrected chi connectivity index (χ1v) is 15.5. The van der Waals surface area contributed by atoms with Crippen molar-refractivity contribution in [3.8, 4) is 0 Å². The molecule has 10 heteroatoms. The molecule has 39 heavy (non-hydrogen) atoms. The number of sulfonamides is 1. The van der Waals surface area contributed by atoms with Crippen molar-refractivity contribution in [2.24, 2.45) is 28.3 Å². The Balaban J connectivity index is 1.29. The third kappa shape index (κ3) is 4.89. The van der Waals surface area contributed by atoms with Gasteiger partial charge in [-0.2, -0.15) is 0 Å². The smallest absolute Gasteiger partial charge is 0.257 e. The molecule has 0 aromatic heterocycles. The highest BCUT2D eigenvalue weighted by Crippen LogP contribution is 2.60. The number of nitrogens with zero attached hydrogens (tertiary/aromatic N) is 2. The van der Waals surface area contributed by atoms with Crippen LogP contribution in [0.5, 0.6) is 0 Å². The molecule has 7 rings (SSSR count). The van der Waals surface area contributed by atoms with Crippen LogP contribution in [0, 0.1) is 23.2 Å². The summed E-state index contributed by atoms with van der Waals surface area (Å²) in [6, 6.07) is 11.9. The minimum absolute atomic E-state index is 0.00753. The molecule has 0 spiro atoms. The molecule has 206 valence electrons. The van der Waals surface area contributed by atoms with Gasteiger partial charge in [-0.15, -0.1) is 0 Å². The average Bonchev–Trinajstić information content (AvgIpc) is 3.17. The van der Waals surface area contributed by atoms with E-state index in [1.165, 1.54) is 36.3 Å². The zero-order chi connectivity index (χ0) is 27.5. The summed E-state index contributed by atoms with van der Waals surface area (Å²) >= 11 is 6.01. The highest BCUT2D eigenvalue weighted by molar-refractivity contribution is 7.89. The van der Waals surface area contributed by atoms with Crippen molar-refractivity contribution in [3.05, 3.63) is 59.1 Å². The number of amides is 3. The van der Waals surface area contributed by atoms with Gasteiger partial charge in [0.05, 0.1) is 22.4 Å². The molecule has 2 aromatic carbocycles. The summed E-state index contributed by atoms with van der Waals surface area (Å²) in [6.07, 6.45) is 6.48. The summed E-state index contributed by atoms with van der Waals surface area (Å²) in [5.74, 6) is 0.919. The van der Waals surface area contributed by atoms with Crippen LogP contribution in [0.1, 0.15) is 50.5 Å². The minimum atomic E-state index is -3.81. The molecule has 4 bridgehead atoms. The molecule has 2 aromatic rings. The van der Waals surface area contributed by atoms with Crippen LogP contribution >= 0.6 is 11.6 Å². The SMILES string of the molecule is NS(=O)(=O)c1ccc(CCN(C(=O)C23CC4CC(CC(C4)C2)C3)C2CC(=O)N(c3ccc(Cl)cc3)C2=O)cc1. The first-order valence-electron chi connectivity index (χ1n) is 13.6. The Hall–Kier alpha value is -2.75. The van der Waals surface area contributed by atoms with Crippen molar-refractivity contribution in [3.63, 3.8) is 0 Å². The molecule has 2 N–H and O–H groups in total. The van der Waals surface area contributed by atoms with Crippen molar-refractivity contribution in [2.45, 2.75) is 62.3 Å². The highest BCUT2D eigenvalue weighted by Gasteiger charge is 2.57. The Morgan fingerprint density at radius 3 is 2.05 bits per heavy atom. The summed E-state index contributed by atoms with van der Waals surface area (Å²) < 4.78 is 23.3. The van der Waals surface area contributed by atoms with Gasteiger partial charge < -0.3 is 4.90 Å². The summed E-state index contributed by atoms with van der Waals surface area (Å²) in [5.41, 5.74) is 0.790. The molecule has 1 saturated heterocycles. The summed E-state index contributed by atoms with van der Waals surface area (Å²) in [7, 11) is -3.81. The van der Waals surface area contributed by atoms with Gasteiger partial charge in [0.15, 0.2) is 0 Å². The first kappa shape index (κ1) is 26.5. The van der Waals surface area contributed by atoms with Crippen molar-refractivity contribution >= 4 is 45.0 Å². The molecule has 1 heterocycles. The summed E-state index contributed by atoms with van der Waals surface area (Å²) in [5, 5.41) is 5.73. The van der Waals surface area contributed by atoms with E-state index in [4.69, 9.17) is 16.7 Å². The third-order valence-electron chi connectivity index (χ3n) is 9.23. The Morgan fingerprint density at radius 1 is 0.949 bits per heavy atom. The van der Waals surface area contributed by atoms with Gasteiger partial charge in [-0.1, -0.05) is 23.7 Å². The van der Waals surface area contributed by atoms with Gasteiger partial charge in [0.1, 0.15) is 6.04 Å². The number of rotatable bonds is 7. The lowest BCUT2D eigenvalue weighted by Gasteiger charge is -2.57. The largest absolute Gasteiger partial charge is 0.329 e.